The van der Waals surface area contributed by atoms with Crippen molar-refractivity contribution in [2.45, 2.75) is 18.4 Å². The van der Waals surface area contributed by atoms with E-state index >= 15 is 0 Å². The maximum absolute atomic E-state index is 12.5. The molecule has 2 aromatic carbocycles. The van der Waals surface area contributed by atoms with Crippen LogP contribution in [0.25, 0.3) is 0 Å². The topological polar surface area (TPSA) is 72.5 Å². The van der Waals surface area contributed by atoms with Gasteiger partial charge < -0.3 is 4.74 Å². The normalized spacial score (nSPS) is 13.6. The number of rotatable bonds is 3. The molecule has 1 aliphatic rings. The van der Waals surface area contributed by atoms with Crippen LogP contribution in [0, 0.1) is 6.92 Å². The van der Waals surface area contributed by atoms with Gasteiger partial charge in [0.15, 0.2) is 0 Å². The second kappa shape index (κ2) is 5.40. The fourth-order valence-corrected chi connectivity index (χ4v) is 3.85. The molecule has 22 heavy (non-hydrogen) atoms. The highest BCUT2D eigenvalue weighted by molar-refractivity contribution is 9.10. The van der Waals surface area contributed by atoms with E-state index in [0.717, 1.165) is 5.56 Å². The highest BCUT2D eigenvalue weighted by Crippen LogP contribution is 2.35. The molecule has 0 fully saturated rings. The van der Waals surface area contributed by atoms with Gasteiger partial charge in [-0.3, -0.25) is 4.72 Å². The molecule has 0 radical (unpaired) electrons. The van der Waals surface area contributed by atoms with Crippen LogP contribution in [0.1, 0.15) is 21.5 Å². The molecule has 1 heterocycles. The maximum atomic E-state index is 12.5. The number of esters is 1. The molecule has 0 atom stereocenters. The molecule has 0 unspecified atom stereocenters. The van der Waals surface area contributed by atoms with E-state index in [9.17, 15) is 13.2 Å². The first-order chi connectivity index (χ1) is 10.4. The summed E-state index contributed by atoms with van der Waals surface area (Å²) >= 11 is 3.28. The Morgan fingerprint density at radius 2 is 1.82 bits per heavy atom. The smallest absolute Gasteiger partial charge is 0.341 e. The summed E-state index contributed by atoms with van der Waals surface area (Å²) < 4.78 is 32.9. The maximum Gasteiger partial charge on any atom is 0.341 e. The SMILES string of the molecule is Cc1ccc(S(=O)(=O)Nc2c(Br)ccc3c2C(=O)OC3)cc1. The summed E-state index contributed by atoms with van der Waals surface area (Å²) in [6, 6.07) is 9.89. The number of nitrogens with one attached hydrogen (secondary N) is 1. The third kappa shape index (κ3) is 2.62. The van der Waals surface area contributed by atoms with Crippen molar-refractivity contribution in [2.24, 2.45) is 0 Å². The summed E-state index contributed by atoms with van der Waals surface area (Å²) in [5, 5.41) is 0. The number of hydrogen-bond donors (Lipinski definition) is 1. The van der Waals surface area contributed by atoms with Gasteiger partial charge in [0.25, 0.3) is 10.0 Å². The summed E-state index contributed by atoms with van der Waals surface area (Å²) in [6.07, 6.45) is 0. The lowest BCUT2D eigenvalue weighted by molar-refractivity contribution is 0.0536. The van der Waals surface area contributed by atoms with Crippen molar-refractivity contribution in [3.05, 3.63) is 57.6 Å². The molecule has 0 spiro atoms. The van der Waals surface area contributed by atoms with Crippen LogP contribution in [-0.4, -0.2) is 14.4 Å². The van der Waals surface area contributed by atoms with Crippen molar-refractivity contribution >= 4 is 37.6 Å². The number of anilines is 1. The van der Waals surface area contributed by atoms with Gasteiger partial charge in [-0.05, 0) is 41.1 Å². The first-order valence-corrected chi connectivity index (χ1v) is 8.74. The molecule has 0 aromatic heterocycles. The predicted molar refractivity (Wildman–Crippen MR) is 85.2 cm³/mol. The Morgan fingerprint density at radius 1 is 1.14 bits per heavy atom. The van der Waals surface area contributed by atoms with Crippen LogP contribution < -0.4 is 4.72 Å². The predicted octanol–water partition coefficient (Wildman–Crippen LogP) is 3.23. The Morgan fingerprint density at radius 3 is 2.50 bits per heavy atom. The van der Waals surface area contributed by atoms with Crippen molar-refractivity contribution in [1.29, 1.82) is 0 Å². The molecule has 1 aliphatic heterocycles. The molecule has 3 rings (SSSR count). The second-order valence-corrected chi connectivity index (χ2v) is 7.49. The van der Waals surface area contributed by atoms with Crippen LogP contribution in [0.5, 0.6) is 0 Å². The van der Waals surface area contributed by atoms with Crippen molar-refractivity contribution in [1.82, 2.24) is 0 Å². The monoisotopic (exact) mass is 381 g/mol. The molecular weight excluding hydrogens is 370 g/mol. The van der Waals surface area contributed by atoms with Crippen LogP contribution in [0.15, 0.2) is 45.8 Å². The summed E-state index contributed by atoms with van der Waals surface area (Å²) in [5.41, 5.74) is 2.09. The van der Waals surface area contributed by atoms with Gasteiger partial charge in [-0.1, -0.05) is 23.8 Å². The third-order valence-corrected chi connectivity index (χ3v) is 5.40. The van der Waals surface area contributed by atoms with Crippen LogP contribution in [0.3, 0.4) is 0 Å². The lowest BCUT2D eigenvalue weighted by atomic mass is 10.1. The van der Waals surface area contributed by atoms with Crippen molar-refractivity contribution in [2.75, 3.05) is 4.72 Å². The van der Waals surface area contributed by atoms with E-state index < -0.39 is 16.0 Å². The van der Waals surface area contributed by atoms with E-state index in [0.29, 0.717) is 10.0 Å². The number of ether oxygens (including phenoxy) is 1. The summed E-state index contributed by atoms with van der Waals surface area (Å²) in [7, 11) is -3.79. The van der Waals surface area contributed by atoms with Crippen LogP contribution in [-0.2, 0) is 21.4 Å². The highest BCUT2D eigenvalue weighted by Gasteiger charge is 2.28. The van der Waals surface area contributed by atoms with Gasteiger partial charge in [0, 0.05) is 10.0 Å². The number of cyclic esters (lactones) is 1. The van der Waals surface area contributed by atoms with Gasteiger partial charge in [-0.25, -0.2) is 13.2 Å². The first kappa shape index (κ1) is 15.1. The average molecular weight is 382 g/mol. The fourth-order valence-electron chi connectivity index (χ4n) is 2.20. The molecule has 7 heteroatoms. The minimum Gasteiger partial charge on any atom is -0.457 e. The van der Waals surface area contributed by atoms with E-state index in [1.807, 2.05) is 6.92 Å². The molecule has 1 N–H and O–H groups in total. The highest BCUT2D eigenvalue weighted by atomic mass is 79.9. The number of carbonyl (C=O) groups is 1. The summed E-state index contributed by atoms with van der Waals surface area (Å²) in [5.74, 6) is -0.530. The summed E-state index contributed by atoms with van der Waals surface area (Å²) in [6.45, 7) is 2.03. The summed E-state index contributed by atoms with van der Waals surface area (Å²) in [4.78, 5) is 12.0. The van der Waals surface area contributed by atoms with Gasteiger partial charge in [0.05, 0.1) is 16.1 Å². The number of carbonyl (C=O) groups excluding carboxylic acids is 1. The Hall–Kier alpha value is -1.86. The largest absolute Gasteiger partial charge is 0.457 e. The minimum absolute atomic E-state index is 0.133. The number of sulfonamides is 1. The average Bonchev–Trinajstić information content (AvgIpc) is 2.84. The van der Waals surface area contributed by atoms with Crippen molar-refractivity contribution in [3.8, 4) is 0 Å². The second-order valence-electron chi connectivity index (χ2n) is 4.95. The lowest BCUT2D eigenvalue weighted by Gasteiger charge is -2.12. The Kier molecular flexibility index (Phi) is 3.70. The zero-order valence-electron chi connectivity index (χ0n) is 11.6. The molecular formula is C15H12BrNO4S. The molecule has 0 aliphatic carbocycles. The third-order valence-electron chi connectivity index (χ3n) is 3.37. The molecule has 0 saturated carbocycles. The number of hydrogen-bond acceptors (Lipinski definition) is 4. The lowest BCUT2D eigenvalue weighted by Crippen LogP contribution is -2.15. The molecule has 114 valence electrons. The first-order valence-electron chi connectivity index (χ1n) is 6.46. The molecule has 0 amide bonds. The zero-order valence-corrected chi connectivity index (χ0v) is 14.0. The van der Waals surface area contributed by atoms with Gasteiger partial charge in [-0.15, -0.1) is 0 Å². The number of fused-ring (bicyclic) bond motifs is 1. The van der Waals surface area contributed by atoms with Crippen LogP contribution in [0.4, 0.5) is 5.69 Å². The van der Waals surface area contributed by atoms with E-state index in [-0.39, 0.29) is 22.8 Å². The molecule has 2 aromatic rings. The molecule has 0 saturated heterocycles. The van der Waals surface area contributed by atoms with E-state index in [1.54, 1.807) is 24.3 Å². The number of aryl methyl sites for hydroxylation is 1. The van der Waals surface area contributed by atoms with Gasteiger partial charge >= 0.3 is 5.97 Å². The number of halogens is 1. The van der Waals surface area contributed by atoms with Crippen molar-refractivity contribution < 1.29 is 17.9 Å². The Labute approximate surface area is 136 Å². The number of benzene rings is 2. The quantitative estimate of drug-likeness (QED) is 0.828. The van der Waals surface area contributed by atoms with Gasteiger partial charge in [0.1, 0.15) is 6.61 Å². The Balaban J connectivity index is 2.05. The van der Waals surface area contributed by atoms with E-state index in [1.165, 1.54) is 12.1 Å². The molecule has 0 bridgehead atoms. The van der Waals surface area contributed by atoms with Gasteiger partial charge in [-0.2, -0.15) is 0 Å². The van der Waals surface area contributed by atoms with Crippen LogP contribution in [0.2, 0.25) is 0 Å². The van der Waals surface area contributed by atoms with Gasteiger partial charge in [0.2, 0.25) is 0 Å². The standard InChI is InChI=1S/C15H12BrNO4S/c1-9-2-5-11(6-3-9)22(19,20)17-14-12(16)7-4-10-8-21-15(18)13(10)14/h2-7,17H,8H2,1H3. The van der Waals surface area contributed by atoms with E-state index in [2.05, 4.69) is 20.7 Å². The van der Waals surface area contributed by atoms with Crippen LogP contribution >= 0.6 is 15.9 Å². The Bertz CT molecular complexity index is 860. The zero-order chi connectivity index (χ0) is 15.9. The van der Waals surface area contributed by atoms with Crippen molar-refractivity contribution in [3.63, 3.8) is 0 Å². The fraction of sp³-hybridized carbons (Fsp3) is 0.133. The van der Waals surface area contributed by atoms with E-state index in [4.69, 9.17) is 4.74 Å². The minimum atomic E-state index is -3.79. The molecule has 5 nitrogen and oxygen atoms in total.